The quantitative estimate of drug-likeness (QED) is 0.106. The second-order valence-corrected chi connectivity index (χ2v) is 11.0. The number of piperidine rings is 1. The zero-order valence-corrected chi connectivity index (χ0v) is 22.9. The van der Waals surface area contributed by atoms with Crippen LogP contribution in [0.2, 0.25) is 0 Å². The first-order valence-electron chi connectivity index (χ1n) is 13.5. The molecule has 0 radical (unpaired) electrons. The van der Waals surface area contributed by atoms with E-state index in [1.807, 2.05) is 25.2 Å². The van der Waals surface area contributed by atoms with Gasteiger partial charge < -0.3 is 14.0 Å². The molecule has 0 spiro atoms. The molecule has 214 valence electrons. The van der Waals surface area contributed by atoms with Crippen molar-refractivity contribution in [2.45, 2.75) is 57.0 Å². The SMILES string of the molecule is C=CC[N@+]1(C)CC2CCCCC2(c2cccc(OC(C)=O)c2)C[C@H]1NC(=O)C(=Cc1ccccc1)OC(F)(F)F. The predicted octanol–water partition coefficient (Wildman–Crippen LogP) is 6.10. The molecule has 6 nitrogen and oxygen atoms in total. The molecule has 1 aliphatic heterocycles. The molecular weight excluding hydrogens is 521 g/mol. The number of carbonyl (C=O) groups is 2. The molecule has 2 aromatic carbocycles. The van der Waals surface area contributed by atoms with Crippen LogP contribution in [0.1, 0.15) is 50.2 Å². The zero-order valence-electron chi connectivity index (χ0n) is 22.9. The first kappa shape index (κ1) is 29.4. The smallest absolute Gasteiger partial charge is 0.427 e. The Hall–Kier alpha value is -3.59. The summed E-state index contributed by atoms with van der Waals surface area (Å²) in [6.07, 6.45) is 1.73. The molecule has 4 atom stereocenters. The molecular formula is C31H36F3N2O4+. The summed E-state index contributed by atoms with van der Waals surface area (Å²) in [4.78, 5) is 25.1. The average Bonchev–Trinajstić information content (AvgIpc) is 2.88. The van der Waals surface area contributed by atoms with Crippen molar-refractivity contribution in [1.82, 2.24) is 5.32 Å². The molecule has 1 heterocycles. The highest BCUT2D eigenvalue weighted by Crippen LogP contribution is 2.52. The number of esters is 1. The minimum atomic E-state index is -5.03. The number of quaternary nitrogens is 1. The molecule has 9 heteroatoms. The highest BCUT2D eigenvalue weighted by molar-refractivity contribution is 5.96. The van der Waals surface area contributed by atoms with Gasteiger partial charge in [-0.2, -0.15) is 0 Å². The molecule has 2 aliphatic rings. The Balaban J connectivity index is 1.71. The Morgan fingerprint density at radius 3 is 2.58 bits per heavy atom. The van der Waals surface area contributed by atoms with E-state index in [2.05, 4.69) is 16.6 Å². The lowest BCUT2D eigenvalue weighted by Crippen LogP contribution is -2.69. The Morgan fingerprint density at radius 1 is 1.15 bits per heavy atom. The molecule has 0 aromatic heterocycles. The summed E-state index contributed by atoms with van der Waals surface area (Å²) in [5.74, 6) is -1.46. The van der Waals surface area contributed by atoms with Crippen molar-refractivity contribution >= 4 is 18.0 Å². The average molecular weight is 558 g/mol. The number of carbonyl (C=O) groups excluding carboxylic acids is 2. The summed E-state index contributed by atoms with van der Waals surface area (Å²) >= 11 is 0. The molecule has 40 heavy (non-hydrogen) atoms. The van der Waals surface area contributed by atoms with Gasteiger partial charge in [-0.1, -0.05) is 61.9 Å². The van der Waals surface area contributed by atoms with Crippen LogP contribution < -0.4 is 10.1 Å². The van der Waals surface area contributed by atoms with Gasteiger partial charge in [0.05, 0.1) is 20.1 Å². The number of ether oxygens (including phenoxy) is 2. The number of nitrogens with one attached hydrogen (secondary N) is 1. The first-order chi connectivity index (χ1) is 18.9. The van der Waals surface area contributed by atoms with Crippen LogP contribution in [0.4, 0.5) is 13.2 Å². The summed E-state index contributed by atoms with van der Waals surface area (Å²) in [5.41, 5.74) is 1.07. The van der Waals surface area contributed by atoms with Crippen LogP contribution in [-0.4, -0.2) is 49.0 Å². The number of hydrogen-bond acceptors (Lipinski definition) is 4. The third-order valence-electron chi connectivity index (χ3n) is 8.22. The van der Waals surface area contributed by atoms with Gasteiger partial charge in [-0.3, -0.25) is 14.9 Å². The van der Waals surface area contributed by atoms with E-state index < -0.39 is 30.2 Å². The fraction of sp³-hybridized carbons (Fsp3) is 0.419. The van der Waals surface area contributed by atoms with E-state index >= 15 is 0 Å². The third kappa shape index (κ3) is 6.75. The van der Waals surface area contributed by atoms with Crippen LogP contribution in [-0.2, 0) is 19.7 Å². The van der Waals surface area contributed by atoms with Crippen LogP contribution in [0.3, 0.4) is 0 Å². The maximum Gasteiger partial charge on any atom is 0.573 e. The summed E-state index contributed by atoms with van der Waals surface area (Å²) < 4.78 is 50.1. The molecule has 1 saturated carbocycles. The van der Waals surface area contributed by atoms with Crippen molar-refractivity contribution in [2.24, 2.45) is 5.92 Å². The number of halogens is 3. The maximum absolute atomic E-state index is 13.5. The number of rotatable bonds is 8. The van der Waals surface area contributed by atoms with E-state index in [4.69, 9.17) is 4.74 Å². The second-order valence-electron chi connectivity index (χ2n) is 11.0. The Bertz CT molecular complexity index is 1260. The highest BCUT2D eigenvalue weighted by Gasteiger charge is 2.55. The lowest BCUT2D eigenvalue weighted by Gasteiger charge is -2.57. The molecule has 1 saturated heterocycles. The standard InChI is InChI=1S/C31H35F3N2O4/c1-4-17-36(3)21-25-13-8-9-16-30(25,24-14-10-15-26(19-24)39-22(2)37)20-28(36)35-29(38)27(40-31(32,33)34)18-23-11-6-5-7-12-23/h4-7,10-12,14-15,18-19,25,28H,1,8-9,13,16-17,20-21H2,2-3H3/p+1/t25?,28-,30?,36+/m0/s1. The molecule has 1 N–H and O–H groups in total. The van der Waals surface area contributed by atoms with Gasteiger partial charge in [0.2, 0.25) is 0 Å². The van der Waals surface area contributed by atoms with E-state index in [0.29, 0.717) is 35.3 Å². The fourth-order valence-corrected chi connectivity index (χ4v) is 6.47. The van der Waals surface area contributed by atoms with Crippen molar-refractivity contribution < 1.29 is 36.7 Å². The number of nitrogens with zero attached hydrogens (tertiary/aromatic N) is 1. The van der Waals surface area contributed by atoms with Gasteiger partial charge in [0, 0.05) is 24.7 Å². The van der Waals surface area contributed by atoms with E-state index in [0.717, 1.165) is 37.3 Å². The van der Waals surface area contributed by atoms with Crippen LogP contribution in [0.15, 0.2) is 73.0 Å². The van der Waals surface area contributed by atoms with Gasteiger partial charge in [0.15, 0.2) is 11.9 Å². The normalized spacial score (nSPS) is 26.8. The molecule has 2 unspecified atom stereocenters. The van der Waals surface area contributed by atoms with Crippen LogP contribution in [0.5, 0.6) is 5.75 Å². The Morgan fingerprint density at radius 2 is 1.90 bits per heavy atom. The number of amides is 1. The van der Waals surface area contributed by atoms with Crippen LogP contribution in [0, 0.1) is 5.92 Å². The van der Waals surface area contributed by atoms with E-state index in [1.54, 1.807) is 42.5 Å². The Labute approximate surface area is 233 Å². The minimum absolute atomic E-state index is 0.262. The van der Waals surface area contributed by atoms with E-state index in [9.17, 15) is 22.8 Å². The Kier molecular flexibility index (Phi) is 8.73. The number of hydrogen-bond donors (Lipinski definition) is 1. The van der Waals surface area contributed by atoms with Gasteiger partial charge >= 0.3 is 12.3 Å². The molecule has 4 rings (SSSR count). The van der Waals surface area contributed by atoms with Crippen molar-refractivity contribution in [1.29, 1.82) is 0 Å². The number of alkyl halides is 3. The number of likely N-dealkylation sites (N-methyl/N-ethyl adjacent to an activating group) is 1. The monoisotopic (exact) mass is 557 g/mol. The van der Waals surface area contributed by atoms with Crippen LogP contribution >= 0.6 is 0 Å². The van der Waals surface area contributed by atoms with Crippen molar-refractivity contribution in [3.8, 4) is 5.75 Å². The number of fused-ring (bicyclic) bond motifs is 1. The summed E-state index contributed by atoms with van der Waals surface area (Å²) in [6, 6.07) is 15.8. The molecule has 2 aromatic rings. The molecule has 0 bridgehead atoms. The summed E-state index contributed by atoms with van der Waals surface area (Å²) in [7, 11) is 2.01. The second kappa shape index (κ2) is 11.9. The maximum atomic E-state index is 13.5. The predicted molar refractivity (Wildman–Crippen MR) is 146 cm³/mol. The third-order valence-corrected chi connectivity index (χ3v) is 8.22. The van der Waals surface area contributed by atoms with E-state index in [1.165, 1.54) is 6.92 Å². The van der Waals surface area contributed by atoms with Gasteiger partial charge in [-0.25, -0.2) is 0 Å². The van der Waals surface area contributed by atoms with Crippen molar-refractivity contribution in [3.05, 3.63) is 84.1 Å². The fourth-order valence-electron chi connectivity index (χ4n) is 6.47. The van der Waals surface area contributed by atoms with E-state index in [-0.39, 0.29) is 11.3 Å². The summed E-state index contributed by atoms with van der Waals surface area (Å²) in [5, 5.41) is 2.92. The first-order valence-corrected chi connectivity index (χ1v) is 13.5. The lowest BCUT2D eigenvalue weighted by molar-refractivity contribution is -0.940. The van der Waals surface area contributed by atoms with Crippen molar-refractivity contribution in [3.63, 3.8) is 0 Å². The highest BCUT2D eigenvalue weighted by atomic mass is 19.4. The molecule has 1 amide bonds. The van der Waals surface area contributed by atoms with Crippen LogP contribution in [0.25, 0.3) is 6.08 Å². The largest absolute Gasteiger partial charge is 0.573 e. The molecule has 1 aliphatic carbocycles. The minimum Gasteiger partial charge on any atom is -0.427 e. The van der Waals surface area contributed by atoms with Gasteiger partial charge in [-0.05, 0) is 48.3 Å². The zero-order chi connectivity index (χ0) is 29.0. The van der Waals surface area contributed by atoms with Gasteiger partial charge in [0.1, 0.15) is 5.75 Å². The van der Waals surface area contributed by atoms with Gasteiger partial charge in [-0.15, -0.1) is 13.2 Å². The number of likely N-dealkylation sites (tertiary alicyclic amines) is 1. The van der Waals surface area contributed by atoms with Gasteiger partial charge in [0.25, 0.3) is 5.91 Å². The lowest BCUT2D eigenvalue weighted by atomic mass is 9.58. The van der Waals surface area contributed by atoms with Crippen molar-refractivity contribution in [2.75, 3.05) is 20.1 Å². The molecule has 2 fully saturated rings. The number of benzene rings is 2. The summed E-state index contributed by atoms with van der Waals surface area (Å²) in [6.45, 7) is 6.49. The topological polar surface area (TPSA) is 64.6 Å².